The summed E-state index contributed by atoms with van der Waals surface area (Å²) in [5.41, 5.74) is 0.278. The molecule has 0 spiro atoms. The summed E-state index contributed by atoms with van der Waals surface area (Å²) in [5, 5.41) is 6.13. The molecule has 78 valence electrons. The highest BCUT2D eigenvalue weighted by molar-refractivity contribution is 5.99. The van der Waals surface area contributed by atoms with Gasteiger partial charge in [-0.25, -0.2) is 0 Å². The van der Waals surface area contributed by atoms with Gasteiger partial charge >= 0.3 is 0 Å². The number of amides is 2. The number of nitrogens with one attached hydrogen (secondary N) is 1. The quantitative estimate of drug-likeness (QED) is 0.532. The Hall–Kier alpha value is -1.98. The van der Waals surface area contributed by atoms with E-state index in [1.54, 1.807) is 6.20 Å². The topological polar surface area (TPSA) is 81.1 Å². The normalized spacial score (nSPS) is 21.2. The van der Waals surface area contributed by atoms with Crippen molar-refractivity contribution in [3.63, 3.8) is 0 Å². The Morgan fingerprint density at radius 2 is 2.33 bits per heavy atom. The molecule has 1 aliphatic heterocycles. The second kappa shape index (κ2) is 3.64. The molecule has 1 saturated heterocycles. The molecule has 0 saturated carbocycles. The van der Waals surface area contributed by atoms with Crippen LogP contribution in [0.1, 0.15) is 29.4 Å². The minimum Gasteiger partial charge on any atom is -0.296 e. The summed E-state index contributed by atoms with van der Waals surface area (Å²) >= 11 is 0. The first kappa shape index (κ1) is 9.57. The van der Waals surface area contributed by atoms with Crippen molar-refractivity contribution < 1.29 is 14.4 Å². The van der Waals surface area contributed by atoms with Gasteiger partial charge in [-0.2, -0.15) is 5.10 Å². The molecule has 2 heterocycles. The van der Waals surface area contributed by atoms with Crippen LogP contribution >= 0.6 is 0 Å². The van der Waals surface area contributed by atoms with E-state index in [4.69, 9.17) is 0 Å². The Balaban J connectivity index is 2.20. The minimum atomic E-state index is -0.489. The molecule has 1 atom stereocenters. The first-order chi connectivity index (χ1) is 7.20. The Kier molecular flexibility index (Phi) is 2.32. The van der Waals surface area contributed by atoms with E-state index >= 15 is 0 Å². The van der Waals surface area contributed by atoms with E-state index in [0.717, 1.165) is 0 Å². The number of carbonyl (C=O) groups excluding carboxylic acids is 3. The molecule has 1 fully saturated rings. The molecule has 0 aromatic carbocycles. The average Bonchev–Trinajstić information content (AvgIpc) is 2.66. The summed E-state index contributed by atoms with van der Waals surface area (Å²) in [5.74, 6) is -0.634. The summed E-state index contributed by atoms with van der Waals surface area (Å²) in [6.45, 7) is 0. The number of imide groups is 1. The number of nitrogens with zero attached hydrogens (tertiary/aromatic N) is 2. The van der Waals surface area contributed by atoms with Crippen LogP contribution in [-0.4, -0.2) is 27.9 Å². The smallest absolute Gasteiger partial charge is 0.251 e. The highest BCUT2D eigenvalue weighted by atomic mass is 16.2. The van der Waals surface area contributed by atoms with Gasteiger partial charge in [-0.1, -0.05) is 0 Å². The zero-order chi connectivity index (χ0) is 10.8. The van der Waals surface area contributed by atoms with Gasteiger partial charge in [0.1, 0.15) is 11.7 Å². The molecule has 6 nitrogen and oxygen atoms in total. The SMILES string of the molecule is O=Cc1ccn(C2CCC(=O)NC2=O)n1. The molecule has 1 aromatic rings. The second-order valence-electron chi connectivity index (χ2n) is 3.31. The van der Waals surface area contributed by atoms with Crippen molar-refractivity contribution in [1.82, 2.24) is 15.1 Å². The van der Waals surface area contributed by atoms with Crippen LogP contribution in [0, 0.1) is 0 Å². The number of aldehydes is 1. The molecule has 1 aromatic heterocycles. The summed E-state index contributed by atoms with van der Waals surface area (Å²) in [6, 6.07) is 1.04. The molecule has 1 unspecified atom stereocenters. The highest BCUT2D eigenvalue weighted by Crippen LogP contribution is 2.17. The summed E-state index contributed by atoms with van der Waals surface area (Å²) < 4.78 is 1.41. The van der Waals surface area contributed by atoms with Gasteiger partial charge in [-0.05, 0) is 12.5 Å². The van der Waals surface area contributed by atoms with Crippen molar-refractivity contribution in [1.29, 1.82) is 0 Å². The number of hydrogen-bond donors (Lipinski definition) is 1. The number of carbonyl (C=O) groups is 3. The number of rotatable bonds is 2. The van der Waals surface area contributed by atoms with Crippen molar-refractivity contribution in [3.8, 4) is 0 Å². The molecule has 0 aliphatic carbocycles. The van der Waals surface area contributed by atoms with Gasteiger partial charge in [0.2, 0.25) is 5.91 Å². The predicted molar refractivity (Wildman–Crippen MR) is 49.0 cm³/mol. The number of aromatic nitrogens is 2. The lowest BCUT2D eigenvalue weighted by atomic mass is 10.1. The van der Waals surface area contributed by atoms with Gasteiger partial charge in [0.15, 0.2) is 6.29 Å². The zero-order valence-corrected chi connectivity index (χ0v) is 7.84. The molecule has 0 bridgehead atoms. The molecule has 2 rings (SSSR count). The van der Waals surface area contributed by atoms with Crippen LogP contribution in [-0.2, 0) is 9.59 Å². The maximum absolute atomic E-state index is 11.4. The number of piperidine rings is 1. The van der Waals surface area contributed by atoms with Gasteiger partial charge in [0.25, 0.3) is 5.91 Å². The van der Waals surface area contributed by atoms with Crippen molar-refractivity contribution in [2.24, 2.45) is 0 Å². The van der Waals surface area contributed by atoms with Gasteiger partial charge in [0, 0.05) is 12.6 Å². The van der Waals surface area contributed by atoms with E-state index in [1.165, 1.54) is 10.7 Å². The third-order valence-electron chi connectivity index (χ3n) is 2.28. The van der Waals surface area contributed by atoms with Gasteiger partial charge in [-0.3, -0.25) is 24.4 Å². The van der Waals surface area contributed by atoms with Crippen LogP contribution in [0.5, 0.6) is 0 Å². The van der Waals surface area contributed by atoms with Gasteiger partial charge in [0.05, 0.1) is 0 Å². The van der Waals surface area contributed by atoms with E-state index in [1.807, 2.05) is 0 Å². The van der Waals surface area contributed by atoms with E-state index in [-0.39, 0.29) is 17.5 Å². The molecule has 0 radical (unpaired) electrons. The van der Waals surface area contributed by atoms with Crippen molar-refractivity contribution in [3.05, 3.63) is 18.0 Å². The zero-order valence-electron chi connectivity index (χ0n) is 7.84. The monoisotopic (exact) mass is 207 g/mol. The largest absolute Gasteiger partial charge is 0.296 e. The van der Waals surface area contributed by atoms with Gasteiger partial charge < -0.3 is 0 Å². The lowest BCUT2D eigenvalue weighted by Crippen LogP contribution is -2.41. The standard InChI is InChI=1S/C9H9N3O3/c13-5-6-3-4-12(11-6)7-1-2-8(14)10-9(7)15/h3-5,7H,1-2H2,(H,10,14,15). The Morgan fingerprint density at radius 1 is 1.53 bits per heavy atom. The summed E-state index contributed by atoms with van der Waals surface area (Å²) in [4.78, 5) is 32.7. The lowest BCUT2D eigenvalue weighted by Gasteiger charge is -2.20. The first-order valence-corrected chi connectivity index (χ1v) is 4.55. The van der Waals surface area contributed by atoms with Crippen LogP contribution in [0.4, 0.5) is 0 Å². The van der Waals surface area contributed by atoms with E-state index in [0.29, 0.717) is 19.1 Å². The first-order valence-electron chi connectivity index (χ1n) is 4.55. The Labute approximate surface area is 85.3 Å². The maximum Gasteiger partial charge on any atom is 0.251 e. The second-order valence-corrected chi connectivity index (χ2v) is 3.31. The highest BCUT2D eigenvalue weighted by Gasteiger charge is 2.28. The Bertz CT molecular complexity index is 424. The fraction of sp³-hybridized carbons (Fsp3) is 0.333. The Morgan fingerprint density at radius 3 is 2.93 bits per heavy atom. The summed E-state index contributed by atoms with van der Waals surface area (Å²) in [7, 11) is 0. The molecule has 2 amide bonds. The van der Waals surface area contributed by atoms with E-state index in [2.05, 4.69) is 10.4 Å². The van der Waals surface area contributed by atoms with Crippen molar-refractivity contribution >= 4 is 18.1 Å². The molecule has 1 aliphatic rings. The van der Waals surface area contributed by atoms with Crippen LogP contribution in [0.15, 0.2) is 12.3 Å². The van der Waals surface area contributed by atoms with Gasteiger partial charge in [-0.15, -0.1) is 0 Å². The fourth-order valence-electron chi connectivity index (χ4n) is 1.52. The summed E-state index contributed by atoms with van der Waals surface area (Å²) in [6.07, 6.45) is 2.89. The molecule has 15 heavy (non-hydrogen) atoms. The molecular weight excluding hydrogens is 198 g/mol. The van der Waals surface area contributed by atoms with Crippen LogP contribution in [0.2, 0.25) is 0 Å². The van der Waals surface area contributed by atoms with Crippen molar-refractivity contribution in [2.45, 2.75) is 18.9 Å². The maximum atomic E-state index is 11.4. The van der Waals surface area contributed by atoms with E-state index in [9.17, 15) is 14.4 Å². The lowest BCUT2D eigenvalue weighted by molar-refractivity contribution is -0.135. The van der Waals surface area contributed by atoms with Crippen LogP contribution in [0.25, 0.3) is 0 Å². The average molecular weight is 207 g/mol. The molecule has 1 N–H and O–H groups in total. The fourth-order valence-corrected chi connectivity index (χ4v) is 1.52. The van der Waals surface area contributed by atoms with E-state index < -0.39 is 6.04 Å². The third-order valence-corrected chi connectivity index (χ3v) is 2.28. The third kappa shape index (κ3) is 1.78. The van der Waals surface area contributed by atoms with Crippen molar-refractivity contribution in [2.75, 3.05) is 0 Å². The molecule has 6 heteroatoms. The van der Waals surface area contributed by atoms with Crippen LogP contribution in [0.3, 0.4) is 0 Å². The predicted octanol–water partition coefficient (Wildman–Crippen LogP) is -0.327. The minimum absolute atomic E-state index is 0.265. The van der Waals surface area contributed by atoms with Crippen LogP contribution < -0.4 is 5.32 Å². The number of hydrogen-bond acceptors (Lipinski definition) is 4. The molecular formula is C9H9N3O3.